The van der Waals surface area contributed by atoms with E-state index in [0.29, 0.717) is 5.92 Å². The summed E-state index contributed by atoms with van der Waals surface area (Å²) in [7, 11) is 0. The lowest BCUT2D eigenvalue weighted by Gasteiger charge is -2.09. The normalized spacial score (nSPS) is 15.0. The molecule has 3 heteroatoms. The predicted molar refractivity (Wildman–Crippen MR) is 66.5 cm³/mol. The number of hydrogen-bond acceptors (Lipinski definition) is 3. The van der Waals surface area contributed by atoms with Crippen LogP contribution in [0.2, 0.25) is 0 Å². The second-order valence-electron chi connectivity index (χ2n) is 4.47. The van der Waals surface area contributed by atoms with Crippen LogP contribution in [0.15, 0.2) is 10.6 Å². The van der Waals surface area contributed by atoms with E-state index in [0.717, 1.165) is 31.0 Å². The number of aromatic nitrogens is 1. The highest BCUT2D eigenvalue weighted by atomic mass is 16.4. The number of oxazole rings is 1. The van der Waals surface area contributed by atoms with Gasteiger partial charge in [0.05, 0.1) is 12.2 Å². The van der Waals surface area contributed by atoms with Gasteiger partial charge in [-0.25, -0.2) is 4.98 Å². The molecule has 0 fully saturated rings. The van der Waals surface area contributed by atoms with Crippen LogP contribution in [0.1, 0.15) is 70.6 Å². The van der Waals surface area contributed by atoms with Crippen LogP contribution in [-0.2, 0) is 0 Å². The zero-order valence-electron chi connectivity index (χ0n) is 10.9. The third-order valence-corrected chi connectivity index (χ3v) is 2.82. The monoisotopic (exact) mass is 224 g/mol. The molecule has 0 aliphatic rings. The summed E-state index contributed by atoms with van der Waals surface area (Å²) in [5, 5.41) is 3.38. The topological polar surface area (TPSA) is 38.1 Å². The lowest BCUT2D eigenvalue weighted by Crippen LogP contribution is -2.19. The summed E-state index contributed by atoms with van der Waals surface area (Å²) in [5.41, 5.74) is 0. The smallest absolute Gasteiger partial charge is 0.211 e. The second kappa shape index (κ2) is 6.69. The molecule has 0 aliphatic heterocycles. The van der Waals surface area contributed by atoms with Crippen molar-refractivity contribution in [2.24, 2.45) is 0 Å². The maximum absolute atomic E-state index is 5.78. The first-order chi connectivity index (χ1) is 7.69. The Bertz CT molecular complexity index is 296. The Labute approximate surface area is 98.6 Å². The van der Waals surface area contributed by atoms with Gasteiger partial charge in [-0.2, -0.15) is 0 Å². The molecule has 1 aromatic rings. The van der Waals surface area contributed by atoms with E-state index in [1.54, 1.807) is 0 Å². The van der Waals surface area contributed by atoms with Crippen molar-refractivity contribution in [1.29, 1.82) is 0 Å². The van der Waals surface area contributed by atoms with Crippen LogP contribution in [-0.4, -0.2) is 11.5 Å². The zero-order chi connectivity index (χ0) is 12.0. The molecule has 0 aliphatic carbocycles. The maximum Gasteiger partial charge on any atom is 0.211 e. The van der Waals surface area contributed by atoms with Gasteiger partial charge in [-0.1, -0.05) is 27.2 Å². The fourth-order valence-electron chi connectivity index (χ4n) is 1.75. The van der Waals surface area contributed by atoms with Crippen LogP contribution >= 0.6 is 0 Å². The summed E-state index contributed by atoms with van der Waals surface area (Å²) in [4.78, 5) is 4.34. The van der Waals surface area contributed by atoms with E-state index < -0.39 is 0 Å². The minimum absolute atomic E-state index is 0.211. The molecule has 0 bridgehead atoms. The third kappa shape index (κ3) is 3.63. The average Bonchev–Trinajstić information content (AvgIpc) is 2.75. The molecule has 1 N–H and O–H groups in total. The molecule has 1 heterocycles. The molecule has 0 amide bonds. The summed E-state index contributed by atoms with van der Waals surface area (Å²) >= 11 is 0. The van der Waals surface area contributed by atoms with Gasteiger partial charge in [-0.05, 0) is 26.3 Å². The Morgan fingerprint density at radius 3 is 2.69 bits per heavy atom. The molecule has 0 saturated carbocycles. The van der Waals surface area contributed by atoms with Gasteiger partial charge in [0.1, 0.15) is 5.76 Å². The highest BCUT2D eigenvalue weighted by Crippen LogP contribution is 2.23. The molecular formula is C13H24N2O. The molecule has 3 nitrogen and oxygen atoms in total. The molecule has 0 saturated heterocycles. The van der Waals surface area contributed by atoms with Gasteiger partial charge in [0.15, 0.2) is 0 Å². The van der Waals surface area contributed by atoms with Crippen LogP contribution in [0.3, 0.4) is 0 Å². The van der Waals surface area contributed by atoms with E-state index in [1.807, 2.05) is 6.20 Å². The van der Waals surface area contributed by atoms with Crippen LogP contribution in [0.5, 0.6) is 0 Å². The summed E-state index contributed by atoms with van der Waals surface area (Å²) in [6.45, 7) is 9.64. The molecular weight excluding hydrogens is 200 g/mol. The van der Waals surface area contributed by atoms with Gasteiger partial charge in [0.2, 0.25) is 5.89 Å². The van der Waals surface area contributed by atoms with Gasteiger partial charge in [-0.3, -0.25) is 0 Å². The molecule has 2 unspecified atom stereocenters. The third-order valence-electron chi connectivity index (χ3n) is 2.82. The number of nitrogens with one attached hydrogen (secondary N) is 1. The summed E-state index contributed by atoms with van der Waals surface area (Å²) in [6, 6.07) is 0.211. The highest BCUT2D eigenvalue weighted by molar-refractivity contribution is 5.02. The molecule has 16 heavy (non-hydrogen) atoms. The Balaban J connectivity index is 2.56. The van der Waals surface area contributed by atoms with Gasteiger partial charge in [0.25, 0.3) is 0 Å². The first-order valence-electron chi connectivity index (χ1n) is 6.38. The van der Waals surface area contributed by atoms with E-state index in [9.17, 15) is 0 Å². The molecule has 0 spiro atoms. The van der Waals surface area contributed by atoms with Crippen molar-refractivity contribution < 1.29 is 4.42 Å². The SMILES string of the molecule is CCCNC(C)c1ncc(C(C)CCC)o1. The number of nitrogens with zero attached hydrogens (tertiary/aromatic N) is 1. The van der Waals surface area contributed by atoms with Crippen molar-refractivity contribution in [3.8, 4) is 0 Å². The van der Waals surface area contributed by atoms with E-state index in [2.05, 4.69) is 38.0 Å². The Morgan fingerprint density at radius 1 is 1.31 bits per heavy atom. The summed E-state index contributed by atoms with van der Waals surface area (Å²) in [6.07, 6.45) is 5.34. The van der Waals surface area contributed by atoms with Gasteiger partial charge in [-0.15, -0.1) is 0 Å². The Morgan fingerprint density at radius 2 is 2.06 bits per heavy atom. The van der Waals surface area contributed by atoms with Crippen molar-refractivity contribution in [1.82, 2.24) is 10.3 Å². The van der Waals surface area contributed by atoms with E-state index >= 15 is 0 Å². The quantitative estimate of drug-likeness (QED) is 0.768. The molecule has 0 aromatic carbocycles. The molecule has 1 rings (SSSR count). The van der Waals surface area contributed by atoms with Crippen LogP contribution in [0.4, 0.5) is 0 Å². The largest absolute Gasteiger partial charge is 0.444 e. The van der Waals surface area contributed by atoms with Crippen molar-refractivity contribution in [2.45, 2.75) is 58.9 Å². The van der Waals surface area contributed by atoms with Gasteiger partial charge < -0.3 is 9.73 Å². The van der Waals surface area contributed by atoms with E-state index in [-0.39, 0.29) is 6.04 Å². The minimum Gasteiger partial charge on any atom is -0.444 e. The van der Waals surface area contributed by atoms with E-state index in [4.69, 9.17) is 4.42 Å². The standard InChI is InChI=1S/C13H24N2O/c1-5-7-10(3)12-9-15-13(16-12)11(4)14-8-6-2/h9-11,14H,5-8H2,1-4H3. The number of rotatable bonds is 7. The van der Waals surface area contributed by atoms with Crippen LogP contribution < -0.4 is 5.32 Å². The zero-order valence-corrected chi connectivity index (χ0v) is 10.9. The predicted octanol–water partition coefficient (Wildman–Crippen LogP) is 3.64. The maximum atomic E-state index is 5.78. The van der Waals surface area contributed by atoms with Crippen molar-refractivity contribution >= 4 is 0 Å². The van der Waals surface area contributed by atoms with Crippen molar-refractivity contribution in [2.75, 3.05) is 6.54 Å². The lowest BCUT2D eigenvalue weighted by atomic mass is 10.0. The highest BCUT2D eigenvalue weighted by Gasteiger charge is 2.14. The van der Waals surface area contributed by atoms with Gasteiger partial charge in [0, 0.05) is 5.92 Å². The van der Waals surface area contributed by atoms with Gasteiger partial charge >= 0.3 is 0 Å². The molecule has 2 atom stereocenters. The van der Waals surface area contributed by atoms with E-state index in [1.165, 1.54) is 6.42 Å². The molecule has 1 aromatic heterocycles. The fourth-order valence-corrected chi connectivity index (χ4v) is 1.75. The first-order valence-corrected chi connectivity index (χ1v) is 6.38. The fraction of sp³-hybridized carbons (Fsp3) is 0.769. The van der Waals surface area contributed by atoms with Crippen LogP contribution in [0.25, 0.3) is 0 Å². The Kier molecular flexibility index (Phi) is 5.53. The van der Waals surface area contributed by atoms with Crippen LogP contribution in [0, 0.1) is 0 Å². The first kappa shape index (κ1) is 13.2. The van der Waals surface area contributed by atoms with Crippen molar-refractivity contribution in [3.63, 3.8) is 0 Å². The summed E-state index contributed by atoms with van der Waals surface area (Å²) < 4.78 is 5.78. The molecule has 92 valence electrons. The number of hydrogen-bond donors (Lipinski definition) is 1. The lowest BCUT2D eigenvalue weighted by molar-refractivity contribution is 0.377. The average molecular weight is 224 g/mol. The minimum atomic E-state index is 0.211. The second-order valence-corrected chi connectivity index (χ2v) is 4.47. The van der Waals surface area contributed by atoms with Crippen molar-refractivity contribution in [3.05, 3.63) is 17.8 Å². The Hall–Kier alpha value is -0.830. The molecule has 0 radical (unpaired) electrons. The summed E-state index contributed by atoms with van der Waals surface area (Å²) in [5.74, 6) is 2.30.